The number of halogens is 3. The van der Waals surface area contributed by atoms with Crippen LogP contribution in [0.3, 0.4) is 0 Å². The highest BCUT2D eigenvalue weighted by molar-refractivity contribution is 5.89. The highest BCUT2D eigenvalue weighted by Crippen LogP contribution is 2.25. The van der Waals surface area contributed by atoms with Gasteiger partial charge in [-0.25, -0.2) is 4.98 Å². The number of hydrogen-bond donors (Lipinski definition) is 1. The Kier molecular flexibility index (Phi) is 4.30. The van der Waals surface area contributed by atoms with Gasteiger partial charge in [0.25, 0.3) is 5.56 Å². The van der Waals surface area contributed by atoms with E-state index in [2.05, 4.69) is 10.3 Å². The summed E-state index contributed by atoms with van der Waals surface area (Å²) in [5.41, 5.74) is -1.71. The van der Waals surface area contributed by atoms with Gasteiger partial charge in [0.1, 0.15) is 17.9 Å². The normalized spacial score (nSPS) is 11.3. The second-order valence-corrected chi connectivity index (χ2v) is 4.62. The van der Waals surface area contributed by atoms with Gasteiger partial charge < -0.3 is 9.88 Å². The largest absolute Gasteiger partial charge is 0.421 e. The Morgan fingerprint density at radius 2 is 2.09 bits per heavy atom. The molecule has 0 atom stereocenters. The first-order valence-corrected chi connectivity index (χ1v) is 6.26. The minimum Gasteiger partial charge on any atom is -0.309 e. The van der Waals surface area contributed by atoms with Gasteiger partial charge in [-0.1, -0.05) is 0 Å². The molecule has 0 spiro atoms. The lowest BCUT2D eigenvalue weighted by atomic mass is 10.2. The van der Waals surface area contributed by atoms with Crippen molar-refractivity contribution in [2.24, 2.45) is 0 Å². The van der Waals surface area contributed by atoms with E-state index in [0.717, 1.165) is 17.8 Å². The van der Waals surface area contributed by atoms with Crippen LogP contribution in [0.2, 0.25) is 0 Å². The summed E-state index contributed by atoms with van der Waals surface area (Å²) < 4.78 is 38.6. The van der Waals surface area contributed by atoms with E-state index < -0.39 is 29.8 Å². The van der Waals surface area contributed by atoms with Crippen LogP contribution in [0.5, 0.6) is 0 Å². The van der Waals surface area contributed by atoms with Gasteiger partial charge in [0.2, 0.25) is 5.91 Å². The first-order valence-electron chi connectivity index (χ1n) is 6.26. The summed E-state index contributed by atoms with van der Waals surface area (Å²) in [4.78, 5) is 27.4. The summed E-state index contributed by atoms with van der Waals surface area (Å²) >= 11 is 0. The van der Waals surface area contributed by atoms with Crippen LogP contribution in [0.4, 0.5) is 19.0 Å². The van der Waals surface area contributed by atoms with Crippen molar-refractivity contribution in [2.45, 2.75) is 19.6 Å². The van der Waals surface area contributed by atoms with Gasteiger partial charge in [0.15, 0.2) is 0 Å². The number of alkyl halides is 3. The Labute approximate surface area is 123 Å². The molecule has 0 saturated heterocycles. The van der Waals surface area contributed by atoms with Gasteiger partial charge in [-0.3, -0.25) is 9.59 Å². The van der Waals surface area contributed by atoms with Crippen LogP contribution < -0.4 is 10.9 Å². The molecule has 1 N–H and O–H groups in total. The number of amides is 1. The van der Waals surface area contributed by atoms with Gasteiger partial charge in [0, 0.05) is 12.4 Å². The van der Waals surface area contributed by atoms with Gasteiger partial charge >= 0.3 is 6.18 Å². The monoisotopic (exact) mass is 311 g/mol. The summed E-state index contributed by atoms with van der Waals surface area (Å²) in [5, 5.41) is 2.43. The molecule has 2 aromatic rings. The number of hydrogen-bond acceptors (Lipinski definition) is 3. The third-order valence-electron chi connectivity index (χ3n) is 2.82. The highest BCUT2D eigenvalue weighted by Gasteiger charge is 2.34. The average Bonchev–Trinajstić information content (AvgIpc) is 2.39. The molecule has 5 nitrogen and oxygen atoms in total. The fourth-order valence-electron chi connectivity index (χ4n) is 1.82. The molecule has 0 aliphatic heterocycles. The van der Waals surface area contributed by atoms with Gasteiger partial charge in [-0.2, -0.15) is 13.2 Å². The van der Waals surface area contributed by atoms with Gasteiger partial charge in [0.05, 0.1) is 0 Å². The number of carbonyl (C=O) groups is 1. The Bertz CT molecular complexity index is 753. The molecule has 0 radical (unpaired) electrons. The van der Waals surface area contributed by atoms with Crippen LogP contribution in [0.25, 0.3) is 0 Å². The average molecular weight is 311 g/mol. The fourth-order valence-corrected chi connectivity index (χ4v) is 1.82. The lowest BCUT2D eigenvalue weighted by Crippen LogP contribution is -2.32. The summed E-state index contributed by atoms with van der Waals surface area (Å²) in [6.07, 6.45) is -2.14. The number of carbonyl (C=O) groups excluding carboxylic acids is 1. The maximum atomic E-state index is 12.6. The molecule has 0 saturated carbocycles. The molecule has 1 amide bonds. The summed E-state index contributed by atoms with van der Waals surface area (Å²) in [6.45, 7) is 1.27. The Morgan fingerprint density at radius 3 is 2.73 bits per heavy atom. The first-order chi connectivity index (χ1) is 10.3. The first kappa shape index (κ1) is 15.7. The summed E-state index contributed by atoms with van der Waals surface area (Å²) in [7, 11) is 0. The van der Waals surface area contributed by atoms with E-state index in [1.54, 1.807) is 19.1 Å². The SMILES string of the molecule is Cc1ccnc(NC(=O)Cn2cccc(C(F)(F)F)c2=O)c1. The molecule has 0 aliphatic rings. The molecule has 2 rings (SSSR count). The van der Waals surface area contributed by atoms with Gasteiger partial charge in [-0.05, 0) is 36.8 Å². The molecule has 0 aromatic carbocycles. The minimum atomic E-state index is -4.76. The van der Waals surface area contributed by atoms with Crippen molar-refractivity contribution in [3.63, 3.8) is 0 Å². The van der Waals surface area contributed by atoms with Crippen molar-refractivity contribution in [1.29, 1.82) is 0 Å². The van der Waals surface area contributed by atoms with Crippen molar-refractivity contribution in [1.82, 2.24) is 9.55 Å². The number of nitrogens with one attached hydrogen (secondary N) is 1. The summed E-state index contributed by atoms with van der Waals surface area (Å²) in [6, 6.07) is 5.08. The third kappa shape index (κ3) is 3.72. The molecular formula is C14H12F3N3O2. The standard InChI is InChI=1S/C14H12F3N3O2/c1-9-4-5-18-11(7-9)19-12(21)8-20-6-2-3-10(13(20)22)14(15,16)17/h2-7H,8H2,1H3,(H,18,19,21). The zero-order chi connectivity index (χ0) is 16.3. The van der Waals surface area contributed by atoms with E-state index in [1.165, 1.54) is 6.20 Å². The fraction of sp³-hybridized carbons (Fsp3) is 0.214. The maximum Gasteiger partial charge on any atom is 0.421 e. The zero-order valence-electron chi connectivity index (χ0n) is 11.5. The van der Waals surface area contributed by atoms with E-state index in [9.17, 15) is 22.8 Å². The minimum absolute atomic E-state index is 0.269. The number of nitrogens with zero attached hydrogens (tertiary/aromatic N) is 2. The number of rotatable bonds is 3. The van der Waals surface area contributed by atoms with Crippen molar-refractivity contribution < 1.29 is 18.0 Å². The van der Waals surface area contributed by atoms with E-state index in [4.69, 9.17) is 0 Å². The molecule has 0 unspecified atom stereocenters. The van der Waals surface area contributed by atoms with Crippen LogP contribution in [0, 0.1) is 6.92 Å². The summed E-state index contributed by atoms with van der Waals surface area (Å²) in [5.74, 6) is -0.371. The molecule has 0 bridgehead atoms. The highest BCUT2D eigenvalue weighted by atomic mass is 19.4. The van der Waals surface area contributed by atoms with E-state index in [-0.39, 0.29) is 5.82 Å². The van der Waals surface area contributed by atoms with Crippen molar-refractivity contribution >= 4 is 11.7 Å². The predicted octanol–water partition coefficient (Wildman–Crippen LogP) is 2.21. The molecule has 22 heavy (non-hydrogen) atoms. The molecule has 2 aromatic heterocycles. The van der Waals surface area contributed by atoms with Crippen LogP contribution >= 0.6 is 0 Å². The smallest absolute Gasteiger partial charge is 0.309 e. The van der Waals surface area contributed by atoms with E-state index in [0.29, 0.717) is 10.6 Å². The molecule has 116 valence electrons. The molecule has 8 heteroatoms. The Morgan fingerprint density at radius 1 is 1.36 bits per heavy atom. The molecule has 0 fully saturated rings. The lowest BCUT2D eigenvalue weighted by molar-refractivity contribution is -0.139. The van der Waals surface area contributed by atoms with Crippen LogP contribution in [-0.4, -0.2) is 15.5 Å². The molecule has 2 heterocycles. The van der Waals surface area contributed by atoms with Gasteiger partial charge in [-0.15, -0.1) is 0 Å². The Balaban J connectivity index is 2.17. The maximum absolute atomic E-state index is 12.6. The quantitative estimate of drug-likeness (QED) is 0.945. The van der Waals surface area contributed by atoms with Crippen LogP contribution in [-0.2, 0) is 17.5 Å². The third-order valence-corrected chi connectivity index (χ3v) is 2.82. The van der Waals surface area contributed by atoms with Crippen molar-refractivity contribution in [3.8, 4) is 0 Å². The molecule has 0 aliphatic carbocycles. The lowest BCUT2D eigenvalue weighted by Gasteiger charge is -2.10. The van der Waals surface area contributed by atoms with Crippen molar-refractivity contribution in [3.05, 3.63) is 58.1 Å². The predicted molar refractivity (Wildman–Crippen MR) is 73.3 cm³/mol. The second kappa shape index (κ2) is 6.00. The number of aromatic nitrogens is 2. The second-order valence-electron chi connectivity index (χ2n) is 4.62. The van der Waals surface area contributed by atoms with Crippen molar-refractivity contribution in [2.75, 3.05) is 5.32 Å². The van der Waals surface area contributed by atoms with E-state index in [1.807, 2.05) is 0 Å². The topological polar surface area (TPSA) is 64.0 Å². The zero-order valence-corrected chi connectivity index (χ0v) is 11.5. The number of aryl methyl sites for hydroxylation is 1. The van der Waals surface area contributed by atoms with E-state index >= 15 is 0 Å². The molecular weight excluding hydrogens is 299 g/mol. The Hall–Kier alpha value is -2.64. The number of anilines is 1. The number of pyridine rings is 2. The van der Waals surface area contributed by atoms with Crippen LogP contribution in [0.1, 0.15) is 11.1 Å². The van der Waals surface area contributed by atoms with Crippen LogP contribution in [0.15, 0.2) is 41.5 Å².